The lowest BCUT2D eigenvalue weighted by Gasteiger charge is -2.18. The van der Waals surface area contributed by atoms with E-state index in [2.05, 4.69) is 25.0 Å². The van der Waals surface area contributed by atoms with Crippen LogP contribution in [0.2, 0.25) is 0 Å². The number of imidazole rings is 1. The van der Waals surface area contributed by atoms with Gasteiger partial charge in [0, 0.05) is 18.1 Å². The number of rotatable bonds is 6. The predicted octanol–water partition coefficient (Wildman–Crippen LogP) is 1.71. The Morgan fingerprint density at radius 2 is 2.15 bits per heavy atom. The van der Waals surface area contributed by atoms with E-state index in [1.54, 1.807) is 23.0 Å². The number of anilines is 2. The molecule has 4 N–H and O–H groups in total. The largest absolute Gasteiger partial charge is 0.430 e. The third-order valence-corrected chi connectivity index (χ3v) is 5.21. The van der Waals surface area contributed by atoms with E-state index in [0.29, 0.717) is 35.5 Å². The van der Waals surface area contributed by atoms with Gasteiger partial charge in [-0.3, -0.25) is 19.2 Å². The number of hydrogen-bond acceptors (Lipinski definition) is 8. The Bertz CT molecular complexity index is 983. The Balaban J connectivity index is 1.37. The van der Waals surface area contributed by atoms with Gasteiger partial charge in [0.25, 0.3) is 0 Å². The molecular formula is C15H18N7O4P. The highest BCUT2D eigenvalue weighted by Crippen LogP contribution is 2.43. The van der Waals surface area contributed by atoms with Crippen LogP contribution in [0.5, 0.6) is 0 Å². The zero-order valence-electron chi connectivity index (χ0n) is 14.2. The summed E-state index contributed by atoms with van der Waals surface area (Å²) in [5.41, 5.74) is 7.34. The molecule has 1 unspecified atom stereocenters. The maximum absolute atomic E-state index is 12.2. The lowest BCUT2D eigenvalue weighted by Crippen LogP contribution is -2.17. The minimum Gasteiger partial charge on any atom is -0.382 e. The summed E-state index contributed by atoms with van der Waals surface area (Å²) >= 11 is 0. The standard InChI is InChI=1S/C15H18N7O4P/c16-14-13-15(19-8-18-14)22(9-20-13)12-2-1-11(26-12)7-25-27(23,24)21-10-3-5-17-6-4-10/h3-6,8-9,11-12H,1-2,7H2,(H2,16,18,19)(H2,17,21,23,24)/t11-,12+/m0/s1. The second kappa shape index (κ2) is 7.20. The van der Waals surface area contributed by atoms with E-state index in [-0.39, 0.29) is 18.9 Å². The van der Waals surface area contributed by atoms with Crippen LogP contribution in [0.25, 0.3) is 11.2 Å². The van der Waals surface area contributed by atoms with Crippen LogP contribution in [-0.2, 0) is 13.8 Å². The van der Waals surface area contributed by atoms with Gasteiger partial charge in [-0.2, -0.15) is 0 Å². The Kier molecular flexibility index (Phi) is 4.75. The fraction of sp³-hybridized carbons (Fsp3) is 0.333. The number of hydrogen-bond donors (Lipinski definition) is 3. The Labute approximate surface area is 154 Å². The molecule has 0 aliphatic carbocycles. The number of nitrogens with two attached hydrogens (primary N) is 1. The first-order valence-electron chi connectivity index (χ1n) is 8.26. The minimum absolute atomic E-state index is 0.0217. The smallest absolute Gasteiger partial charge is 0.382 e. The monoisotopic (exact) mass is 391 g/mol. The van der Waals surface area contributed by atoms with Crippen LogP contribution >= 0.6 is 7.75 Å². The van der Waals surface area contributed by atoms with Crippen LogP contribution in [0.1, 0.15) is 19.1 Å². The maximum Gasteiger partial charge on any atom is 0.430 e. The molecule has 3 aromatic heterocycles. The summed E-state index contributed by atoms with van der Waals surface area (Å²) < 4.78 is 25.0. The fourth-order valence-corrected chi connectivity index (χ4v) is 3.81. The zero-order chi connectivity index (χ0) is 18.9. The molecule has 4 heterocycles. The highest BCUT2D eigenvalue weighted by atomic mass is 31.2. The van der Waals surface area contributed by atoms with E-state index in [9.17, 15) is 9.46 Å². The average molecular weight is 391 g/mol. The number of aromatic nitrogens is 5. The van der Waals surface area contributed by atoms with Crippen molar-refractivity contribution in [1.82, 2.24) is 24.5 Å². The van der Waals surface area contributed by atoms with Gasteiger partial charge in [-0.25, -0.2) is 19.5 Å². The van der Waals surface area contributed by atoms with Gasteiger partial charge >= 0.3 is 7.75 Å². The van der Waals surface area contributed by atoms with E-state index >= 15 is 0 Å². The summed E-state index contributed by atoms with van der Waals surface area (Å²) in [5, 5.41) is 2.46. The summed E-state index contributed by atoms with van der Waals surface area (Å²) in [6.45, 7) is -0.0217. The van der Waals surface area contributed by atoms with Crippen molar-refractivity contribution < 1.29 is 18.7 Å². The highest BCUT2D eigenvalue weighted by Gasteiger charge is 2.31. The molecule has 12 heteroatoms. The van der Waals surface area contributed by atoms with Crippen LogP contribution in [0, 0.1) is 0 Å². The molecule has 1 fully saturated rings. The van der Waals surface area contributed by atoms with Gasteiger partial charge in [0.1, 0.15) is 18.1 Å². The van der Waals surface area contributed by atoms with Crippen LogP contribution < -0.4 is 10.8 Å². The normalized spacial score (nSPS) is 22.0. The molecule has 1 aliphatic heterocycles. The summed E-state index contributed by atoms with van der Waals surface area (Å²) in [7, 11) is -4.01. The van der Waals surface area contributed by atoms with Crippen LogP contribution in [-0.4, -0.2) is 42.1 Å². The number of pyridine rings is 1. The lowest BCUT2D eigenvalue weighted by molar-refractivity contribution is -0.0172. The first kappa shape index (κ1) is 17.8. The van der Waals surface area contributed by atoms with Gasteiger partial charge < -0.3 is 15.4 Å². The lowest BCUT2D eigenvalue weighted by atomic mass is 10.2. The van der Waals surface area contributed by atoms with Crippen LogP contribution in [0.15, 0.2) is 37.2 Å². The van der Waals surface area contributed by atoms with Gasteiger partial charge in [0.05, 0.1) is 19.0 Å². The number of nitrogen functional groups attached to an aromatic ring is 1. The molecule has 142 valence electrons. The zero-order valence-corrected chi connectivity index (χ0v) is 15.1. The van der Waals surface area contributed by atoms with E-state index < -0.39 is 7.75 Å². The number of ether oxygens (including phenoxy) is 1. The van der Waals surface area contributed by atoms with Gasteiger partial charge in [-0.05, 0) is 25.0 Å². The quantitative estimate of drug-likeness (QED) is 0.530. The van der Waals surface area contributed by atoms with Crippen molar-refractivity contribution in [1.29, 1.82) is 0 Å². The van der Waals surface area contributed by atoms with Gasteiger partial charge in [-0.15, -0.1) is 0 Å². The second-order valence-corrected chi connectivity index (χ2v) is 7.56. The molecule has 0 radical (unpaired) electrons. The summed E-state index contributed by atoms with van der Waals surface area (Å²) in [6.07, 6.45) is 6.73. The average Bonchev–Trinajstić information content (AvgIpc) is 3.28. The molecule has 1 saturated heterocycles. The first-order valence-corrected chi connectivity index (χ1v) is 9.84. The third kappa shape index (κ3) is 3.91. The van der Waals surface area contributed by atoms with Crippen molar-refractivity contribution in [3.8, 4) is 0 Å². The van der Waals surface area contributed by atoms with E-state index in [4.69, 9.17) is 15.0 Å². The summed E-state index contributed by atoms with van der Waals surface area (Å²) in [4.78, 5) is 26.1. The van der Waals surface area contributed by atoms with Crippen molar-refractivity contribution in [2.24, 2.45) is 0 Å². The molecule has 0 spiro atoms. The van der Waals surface area contributed by atoms with Crippen LogP contribution in [0.4, 0.5) is 11.5 Å². The van der Waals surface area contributed by atoms with E-state index in [1.807, 2.05) is 0 Å². The molecule has 1 aliphatic rings. The molecule has 0 aromatic carbocycles. The van der Waals surface area contributed by atoms with Crippen molar-refractivity contribution in [2.45, 2.75) is 25.2 Å². The van der Waals surface area contributed by atoms with Crippen LogP contribution in [0.3, 0.4) is 0 Å². The highest BCUT2D eigenvalue weighted by molar-refractivity contribution is 7.54. The van der Waals surface area contributed by atoms with Gasteiger partial charge in [0.15, 0.2) is 11.5 Å². The molecule has 27 heavy (non-hydrogen) atoms. The maximum atomic E-state index is 12.2. The van der Waals surface area contributed by atoms with Crippen molar-refractivity contribution in [3.63, 3.8) is 0 Å². The van der Waals surface area contributed by atoms with Crippen molar-refractivity contribution >= 4 is 30.4 Å². The SMILES string of the molecule is Nc1ncnc2c1ncn2[C@H]1CC[C@@H](COP(=O)(O)Nc2ccncc2)O1. The number of nitrogens with one attached hydrogen (secondary N) is 1. The molecule has 3 aromatic rings. The van der Waals surface area contributed by atoms with E-state index in [1.165, 1.54) is 18.7 Å². The number of fused-ring (bicyclic) bond motifs is 1. The summed E-state index contributed by atoms with van der Waals surface area (Å²) in [6, 6.07) is 3.15. The molecule has 0 bridgehead atoms. The summed E-state index contributed by atoms with van der Waals surface area (Å²) in [5.74, 6) is 0.306. The fourth-order valence-electron chi connectivity index (χ4n) is 2.90. The molecule has 0 saturated carbocycles. The molecule has 11 nitrogen and oxygen atoms in total. The predicted molar refractivity (Wildman–Crippen MR) is 96.5 cm³/mol. The first-order chi connectivity index (χ1) is 13.0. The van der Waals surface area contributed by atoms with Crippen molar-refractivity contribution in [3.05, 3.63) is 37.2 Å². The van der Waals surface area contributed by atoms with Gasteiger partial charge in [-0.1, -0.05) is 0 Å². The minimum atomic E-state index is -4.01. The second-order valence-electron chi connectivity index (χ2n) is 6.04. The van der Waals surface area contributed by atoms with Crippen molar-refractivity contribution in [2.75, 3.05) is 17.4 Å². The van der Waals surface area contributed by atoms with E-state index in [0.717, 1.165) is 0 Å². The topological polar surface area (TPSA) is 150 Å². The molecule has 0 amide bonds. The number of nitrogens with zero attached hydrogens (tertiary/aromatic N) is 5. The Morgan fingerprint density at radius 3 is 2.96 bits per heavy atom. The molecule has 4 rings (SSSR count). The Morgan fingerprint density at radius 1 is 1.33 bits per heavy atom. The molecule has 3 atom stereocenters. The third-order valence-electron chi connectivity index (χ3n) is 4.17. The van der Waals surface area contributed by atoms with Gasteiger partial charge in [0.2, 0.25) is 0 Å². The Hall–Kier alpha value is -2.59. The molecular weight excluding hydrogens is 373 g/mol.